The van der Waals surface area contributed by atoms with Crippen LogP contribution in [0, 0.1) is 7.14 Å². The van der Waals surface area contributed by atoms with E-state index in [1.54, 1.807) is 17.6 Å². The van der Waals surface area contributed by atoms with Crippen molar-refractivity contribution in [2.24, 2.45) is 4.99 Å². The van der Waals surface area contributed by atoms with Crippen LogP contribution >= 0.6 is 56.5 Å². The van der Waals surface area contributed by atoms with Gasteiger partial charge >= 0.3 is 5.97 Å². The summed E-state index contributed by atoms with van der Waals surface area (Å²) in [5.41, 5.74) is 2.94. The quantitative estimate of drug-likeness (QED) is 0.131. The molecular weight excluding hydrogens is 750 g/mol. The Labute approximate surface area is 262 Å². The Bertz CT molecular complexity index is 1790. The summed E-state index contributed by atoms with van der Waals surface area (Å²) >= 11 is 5.78. The Morgan fingerprint density at radius 3 is 2.48 bits per heavy atom. The predicted octanol–water partition coefficient (Wildman–Crippen LogP) is 5.71. The molecule has 1 aliphatic rings. The molecule has 1 aromatic heterocycles. The SMILES string of the molecule is C=CCOc1c(I)cc(I)cc1/C=c1\sc2n(c1=O)[C@H](c1ccccc1)C(C(=O)OCC)=C(c1ccccc1)N=2. The average Bonchev–Trinajstić information content (AvgIpc) is 3.27. The van der Waals surface area contributed by atoms with E-state index >= 15 is 0 Å². The summed E-state index contributed by atoms with van der Waals surface area (Å²) in [4.78, 5) is 33.0. The Kier molecular flexibility index (Phi) is 9.01. The van der Waals surface area contributed by atoms with Crippen molar-refractivity contribution in [1.29, 1.82) is 0 Å². The van der Waals surface area contributed by atoms with Gasteiger partial charge in [-0.1, -0.05) is 84.7 Å². The third kappa shape index (κ3) is 5.72. The van der Waals surface area contributed by atoms with Crippen LogP contribution in [0.2, 0.25) is 0 Å². The highest BCUT2D eigenvalue weighted by molar-refractivity contribution is 14.1. The molecule has 0 spiro atoms. The van der Waals surface area contributed by atoms with Gasteiger partial charge in [-0.05, 0) is 75.9 Å². The maximum Gasteiger partial charge on any atom is 0.338 e. The lowest BCUT2D eigenvalue weighted by molar-refractivity contribution is -0.138. The molecule has 0 N–H and O–H groups in total. The molecule has 0 bridgehead atoms. The molecule has 9 heteroatoms. The number of benzene rings is 3. The van der Waals surface area contributed by atoms with Crippen LogP contribution in [-0.2, 0) is 9.53 Å². The highest BCUT2D eigenvalue weighted by atomic mass is 127. The van der Waals surface area contributed by atoms with E-state index < -0.39 is 12.0 Å². The lowest BCUT2D eigenvalue weighted by atomic mass is 9.93. The second-order valence-corrected chi connectivity index (χ2v) is 12.2. The molecule has 0 radical (unpaired) electrons. The van der Waals surface area contributed by atoms with Gasteiger partial charge in [0.2, 0.25) is 0 Å². The number of thiazole rings is 1. The van der Waals surface area contributed by atoms with Crippen molar-refractivity contribution in [3.8, 4) is 5.75 Å². The van der Waals surface area contributed by atoms with E-state index in [-0.39, 0.29) is 12.2 Å². The van der Waals surface area contributed by atoms with Crippen molar-refractivity contribution in [3.05, 3.63) is 135 Å². The molecule has 1 aliphatic heterocycles. The molecule has 0 unspecified atom stereocenters. The fourth-order valence-electron chi connectivity index (χ4n) is 4.51. The van der Waals surface area contributed by atoms with Gasteiger partial charge in [0.25, 0.3) is 5.56 Å². The van der Waals surface area contributed by atoms with Gasteiger partial charge in [0.15, 0.2) is 4.80 Å². The van der Waals surface area contributed by atoms with Gasteiger partial charge in [0.1, 0.15) is 12.4 Å². The van der Waals surface area contributed by atoms with Crippen molar-refractivity contribution >= 4 is 74.3 Å². The van der Waals surface area contributed by atoms with Crippen LogP contribution < -0.4 is 19.6 Å². The third-order valence-corrected chi connectivity index (χ3v) is 8.57. The Morgan fingerprint density at radius 2 is 1.80 bits per heavy atom. The zero-order valence-electron chi connectivity index (χ0n) is 21.5. The van der Waals surface area contributed by atoms with Gasteiger partial charge in [-0.3, -0.25) is 9.36 Å². The van der Waals surface area contributed by atoms with Crippen molar-refractivity contribution in [1.82, 2.24) is 4.57 Å². The molecule has 5 rings (SSSR count). The molecule has 0 saturated carbocycles. The van der Waals surface area contributed by atoms with Crippen molar-refractivity contribution in [3.63, 3.8) is 0 Å². The minimum absolute atomic E-state index is 0.203. The summed E-state index contributed by atoms with van der Waals surface area (Å²) < 4.78 is 15.5. The molecule has 0 aliphatic carbocycles. The number of aromatic nitrogens is 1. The first-order chi connectivity index (χ1) is 19.4. The molecule has 0 fully saturated rings. The lowest BCUT2D eigenvalue weighted by Gasteiger charge is -2.25. The van der Waals surface area contributed by atoms with E-state index in [1.165, 1.54) is 11.3 Å². The minimum atomic E-state index is -0.707. The maximum absolute atomic E-state index is 14.1. The molecule has 202 valence electrons. The maximum atomic E-state index is 14.1. The zero-order chi connectivity index (χ0) is 28.2. The number of rotatable bonds is 8. The van der Waals surface area contributed by atoms with Gasteiger partial charge < -0.3 is 9.47 Å². The summed E-state index contributed by atoms with van der Waals surface area (Å²) in [5.74, 6) is 0.184. The highest BCUT2D eigenvalue weighted by Crippen LogP contribution is 2.35. The predicted molar refractivity (Wildman–Crippen MR) is 175 cm³/mol. The summed E-state index contributed by atoms with van der Waals surface area (Å²) in [6.45, 7) is 6.07. The standard InChI is InChI=1S/C31H24I2N2O4S/c1-3-15-39-28-21(16-22(32)18-23(28)33)17-24-29(36)35-27(20-13-9-6-10-14-20)25(30(37)38-4-2)26(34-31(35)40-24)19-11-7-5-8-12-19/h3,5-14,16-18,27H,1,4,15H2,2H3/b24-17-/t27-/m1/s1. The molecule has 1 atom stereocenters. The van der Waals surface area contributed by atoms with Gasteiger partial charge in [-0.15, -0.1) is 0 Å². The van der Waals surface area contributed by atoms with Crippen LogP contribution in [0.3, 0.4) is 0 Å². The first-order valence-corrected chi connectivity index (χ1v) is 15.5. The minimum Gasteiger partial charge on any atom is -0.488 e. The smallest absolute Gasteiger partial charge is 0.338 e. The molecule has 2 heterocycles. The number of carbonyl (C=O) groups excluding carboxylic acids is 1. The molecule has 0 saturated heterocycles. The van der Waals surface area contributed by atoms with Crippen molar-refractivity contribution in [2.75, 3.05) is 13.2 Å². The van der Waals surface area contributed by atoms with Crippen molar-refractivity contribution < 1.29 is 14.3 Å². The summed E-state index contributed by atoms with van der Waals surface area (Å²) in [7, 11) is 0. The van der Waals surface area contributed by atoms with Crippen LogP contribution in [0.25, 0.3) is 11.8 Å². The lowest BCUT2D eigenvalue weighted by Crippen LogP contribution is -2.40. The number of hydrogen-bond donors (Lipinski definition) is 0. The number of halogens is 2. The number of ether oxygens (including phenoxy) is 2. The summed E-state index contributed by atoms with van der Waals surface area (Å²) in [5, 5.41) is 0. The fraction of sp³-hybridized carbons (Fsp3) is 0.129. The number of carbonyl (C=O) groups is 1. The van der Waals surface area contributed by atoms with Crippen LogP contribution in [0.4, 0.5) is 0 Å². The Balaban J connectivity index is 1.81. The van der Waals surface area contributed by atoms with Crippen LogP contribution in [0.15, 0.2) is 101 Å². The molecule has 6 nitrogen and oxygen atoms in total. The second kappa shape index (κ2) is 12.6. The van der Waals surface area contributed by atoms with E-state index in [1.807, 2.05) is 78.9 Å². The van der Waals surface area contributed by atoms with Gasteiger partial charge in [0.05, 0.1) is 32.0 Å². The molecule has 40 heavy (non-hydrogen) atoms. The number of esters is 1. The zero-order valence-corrected chi connectivity index (χ0v) is 26.6. The largest absolute Gasteiger partial charge is 0.488 e. The number of hydrogen-bond acceptors (Lipinski definition) is 6. The van der Waals surface area contributed by atoms with E-state index in [0.717, 1.165) is 23.8 Å². The summed E-state index contributed by atoms with van der Waals surface area (Å²) in [6.07, 6.45) is 3.53. The van der Waals surface area contributed by atoms with E-state index in [2.05, 4.69) is 51.8 Å². The first kappa shape index (κ1) is 28.5. The summed E-state index contributed by atoms with van der Waals surface area (Å²) in [6, 6.07) is 22.3. The fourth-order valence-corrected chi connectivity index (χ4v) is 7.55. The first-order valence-electron chi connectivity index (χ1n) is 12.5. The Hall–Kier alpha value is -3.03. The topological polar surface area (TPSA) is 69.9 Å². The third-order valence-electron chi connectivity index (χ3n) is 6.16. The van der Waals surface area contributed by atoms with E-state index in [9.17, 15) is 9.59 Å². The monoisotopic (exact) mass is 774 g/mol. The van der Waals surface area contributed by atoms with Gasteiger partial charge in [-0.25, -0.2) is 9.79 Å². The van der Waals surface area contributed by atoms with E-state index in [0.29, 0.717) is 33.0 Å². The van der Waals surface area contributed by atoms with Crippen LogP contribution in [0.1, 0.15) is 29.7 Å². The number of nitrogens with zero attached hydrogens (tertiary/aromatic N) is 2. The van der Waals surface area contributed by atoms with Gasteiger partial charge in [-0.2, -0.15) is 0 Å². The normalized spacial score (nSPS) is 14.9. The molecule has 4 aromatic rings. The molecule has 0 amide bonds. The van der Waals surface area contributed by atoms with Crippen LogP contribution in [-0.4, -0.2) is 23.8 Å². The van der Waals surface area contributed by atoms with Crippen LogP contribution in [0.5, 0.6) is 5.75 Å². The average molecular weight is 774 g/mol. The van der Waals surface area contributed by atoms with E-state index in [4.69, 9.17) is 14.5 Å². The Morgan fingerprint density at radius 1 is 1.10 bits per heavy atom. The van der Waals surface area contributed by atoms with Crippen molar-refractivity contribution in [2.45, 2.75) is 13.0 Å². The molecular formula is C31H24I2N2O4S. The number of fused-ring (bicyclic) bond motifs is 1. The highest BCUT2D eigenvalue weighted by Gasteiger charge is 2.35. The van der Waals surface area contributed by atoms with Gasteiger partial charge in [0, 0.05) is 14.7 Å². The molecule has 3 aromatic carbocycles. The second-order valence-electron chi connectivity index (χ2n) is 8.75.